The van der Waals surface area contributed by atoms with E-state index in [0.717, 1.165) is 42.3 Å². The maximum atomic E-state index is 6.02. The second-order valence-electron chi connectivity index (χ2n) is 5.08. The van der Waals surface area contributed by atoms with Gasteiger partial charge >= 0.3 is 0 Å². The zero-order valence-corrected chi connectivity index (χ0v) is 13.2. The molecule has 1 aromatic heterocycles. The Labute approximate surface area is 129 Å². The first-order valence-electron chi connectivity index (χ1n) is 6.66. The van der Waals surface area contributed by atoms with Crippen LogP contribution in [0.25, 0.3) is 10.2 Å². The predicted octanol–water partition coefficient (Wildman–Crippen LogP) is 2.65. The third-order valence-corrected chi connectivity index (χ3v) is 4.54. The van der Waals surface area contributed by atoms with Crippen LogP contribution in [-0.4, -0.2) is 36.1 Å². The molecule has 0 unspecified atom stereocenters. The molecule has 0 saturated carbocycles. The molecule has 1 aromatic carbocycles. The molecule has 0 aliphatic carbocycles. The summed E-state index contributed by atoms with van der Waals surface area (Å²) >= 11 is 1.75. The number of thiazole rings is 1. The molecule has 3 rings (SSSR count). The third kappa shape index (κ3) is 3.41. The number of nitrogens with zero attached hydrogens (tertiary/aromatic N) is 2. The van der Waals surface area contributed by atoms with E-state index in [1.54, 1.807) is 18.4 Å². The van der Waals surface area contributed by atoms with E-state index in [0.29, 0.717) is 6.04 Å². The Hall–Kier alpha value is -0.880. The largest absolute Gasteiger partial charge is 0.497 e. The average molecular weight is 314 g/mol. The van der Waals surface area contributed by atoms with Crippen molar-refractivity contribution in [3.05, 3.63) is 23.2 Å². The van der Waals surface area contributed by atoms with Gasteiger partial charge in [0.1, 0.15) is 10.8 Å². The minimum atomic E-state index is 0. The van der Waals surface area contributed by atoms with Crippen molar-refractivity contribution in [2.24, 2.45) is 5.73 Å². The summed E-state index contributed by atoms with van der Waals surface area (Å²) in [7, 11) is 1.69. The minimum absolute atomic E-state index is 0. The Bertz CT molecular complexity index is 575. The van der Waals surface area contributed by atoms with E-state index in [1.165, 1.54) is 11.1 Å². The smallest absolute Gasteiger partial charge is 0.120 e. The van der Waals surface area contributed by atoms with Crippen LogP contribution < -0.4 is 10.5 Å². The van der Waals surface area contributed by atoms with Gasteiger partial charge in [0.2, 0.25) is 0 Å². The highest BCUT2D eigenvalue weighted by Crippen LogP contribution is 2.27. The number of nitrogens with two attached hydrogens (primary N) is 1. The van der Waals surface area contributed by atoms with Crippen molar-refractivity contribution in [2.75, 3.05) is 20.2 Å². The number of rotatable bonds is 3. The topological polar surface area (TPSA) is 51.4 Å². The summed E-state index contributed by atoms with van der Waals surface area (Å²) in [6.45, 7) is 3.03. The van der Waals surface area contributed by atoms with Gasteiger partial charge in [-0.05, 0) is 37.6 Å². The molecule has 0 spiro atoms. The van der Waals surface area contributed by atoms with Crippen molar-refractivity contribution >= 4 is 34.0 Å². The summed E-state index contributed by atoms with van der Waals surface area (Å²) in [5, 5.41) is 1.16. The third-order valence-electron chi connectivity index (χ3n) is 3.54. The Morgan fingerprint density at radius 2 is 2.35 bits per heavy atom. The number of hydrogen-bond donors (Lipinski definition) is 1. The van der Waals surface area contributed by atoms with Crippen LogP contribution in [0.3, 0.4) is 0 Å². The van der Waals surface area contributed by atoms with E-state index in [9.17, 15) is 0 Å². The first-order chi connectivity index (χ1) is 9.24. The van der Waals surface area contributed by atoms with Gasteiger partial charge in [-0.15, -0.1) is 23.7 Å². The molecule has 1 aliphatic rings. The number of halogens is 1. The fourth-order valence-corrected chi connectivity index (χ4v) is 3.61. The van der Waals surface area contributed by atoms with Gasteiger partial charge in [0.05, 0.1) is 23.9 Å². The van der Waals surface area contributed by atoms with Gasteiger partial charge in [0, 0.05) is 12.6 Å². The molecular formula is C14H20ClN3OS. The van der Waals surface area contributed by atoms with Gasteiger partial charge in [-0.25, -0.2) is 4.98 Å². The number of fused-ring (bicyclic) bond motifs is 1. The van der Waals surface area contributed by atoms with Gasteiger partial charge in [-0.2, -0.15) is 0 Å². The van der Waals surface area contributed by atoms with Crippen LogP contribution in [0.15, 0.2) is 18.2 Å². The van der Waals surface area contributed by atoms with E-state index >= 15 is 0 Å². The summed E-state index contributed by atoms with van der Waals surface area (Å²) in [5.41, 5.74) is 7.07. The monoisotopic (exact) mass is 313 g/mol. The summed E-state index contributed by atoms with van der Waals surface area (Å²) < 4.78 is 6.44. The molecule has 0 amide bonds. The van der Waals surface area contributed by atoms with Crippen molar-refractivity contribution in [1.29, 1.82) is 0 Å². The second kappa shape index (κ2) is 6.72. The number of methoxy groups -OCH3 is 1. The zero-order chi connectivity index (χ0) is 13.2. The normalized spacial score (nSPS) is 19.8. The number of hydrogen-bond acceptors (Lipinski definition) is 5. The molecule has 2 heterocycles. The van der Waals surface area contributed by atoms with E-state index < -0.39 is 0 Å². The van der Waals surface area contributed by atoms with Crippen LogP contribution in [0, 0.1) is 0 Å². The van der Waals surface area contributed by atoms with Crippen molar-refractivity contribution < 1.29 is 4.74 Å². The first-order valence-corrected chi connectivity index (χ1v) is 7.47. The quantitative estimate of drug-likeness (QED) is 0.946. The lowest BCUT2D eigenvalue weighted by molar-refractivity contribution is 0.201. The molecule has 1 aliphatic heterocycles. The van der Waals surface area contributed by atoms with E-state index in [1.807, 2.05) is 12.1 Å². The number of likely N-dealkylation sites (tertiary alicyclic amines) is 1. The summed E-state index contributed by atoms with van der Waals surface area (Å²) in [6, 6.07) is 6.36. The Morgan fingerprint density at radius 3 is 3.10 bits per heavy atom. The lowest BCUT2D eigenvalue weighted by atomic mass is 10.1. The highest BCUT2D eigenvalue weighted by Gasteiger charge is 2.18. The first kappa shape index (κ1) is 15.5. The second-order valence-corrected chi connectivity index (χ2v) is 6.19. The van der Waals surface area contributed by atoms with Crippen LogP contribution in [-0.2, 0) is 6.54 Å². The molecule has 2 aromatic rings. The molecule has 0 bridgehead atoms. The maximum absolute atomic E-state index is 6.02. The fraction of sp³-hybridized carbons (Fsp3) is 0.500. The van der Waals surface area contributed by atoms with Crippen LogP contribution in [0.1, 0.15) is 17.8 Å². The van der Waals surface area contributed by atoms with Crippen LogP contribution in [0.5, 0.6) is 5.75 Å². The van der Waals surface area contributed by atoms with Gasteiger partial charge < -0.3 is 10.5 Å². The number of aromatic nitrogens is 1. The molecular weight excluding hydrogens is 294 g/mol. The number of piperidine rings is 1. The zero-order valence-electron chi connectivity index (χ0n) is 11.5. The lowest BCUT2D eigenvalue weighted by Crippen LogP contribution is -2.42. The molecule has 20 heavy (non-hydrogen) atoms. The van der Waals surface area contributed by atoms with Gasteiger partial charge in [-0.1, -0.05) is 0 Å². The highest BCUT2D eigenvalue weighted by molar-refractivity contribution is 7.18. The van der Waals surface area contributed by atoms with Crippen molar-refractivity contribution in [3.8, 4) is 5.75 Å². The molecule has 1 saturated heterocycles. The maximum Gasteiger partial charge on any atom is 0.120 e. The van der Waals surface area contributed by atoms with Gasteiger partial charge in [0.25, 0.3) is 0 Å². The number of benzene rings is 1. The van der Waals surface area contributed by atoms with E-state index in [-0.39, 0.29) is 12.4 Å². The van der Waals surface area contributed by atoms with Crippen molar-refractivity contribution in [1.82, 2.24) is 9.88 Å². The van der Waals surface area contributed by atoms with Gasteiger partial charge in [-0.3, -0.25) is 4.90 Å². The molecule has 0 radical (unpaired) electrons. The van der Waals surface area contributed by atoms with Crippen LogP contribution in [0.2, 0.25) is 0 Å². The van der Waals surface area contributed by atoms with Gasteiger partial charge in [0.15, 0.2) is 0 Å². The molecule has 1 fully saturated rings. The van der Waals surface area contributed by atoms with E-state index in [4.69, 9.17) is 10.5 Å². The Balaban J connectivity index is 0.00000147. The number of ether oxygens (including phenoxy) is 1. The van der Waals surface area contributed by atoms with Crippen LogP contribution >= 0.6 is 23.7 Å². The molecule has 1 atom stereocenters. The summed E-state index contributed by atoms with van der Waals surface area (Å²) in [5.74, 6) is 0.891. The summed E-state index contributed by atoms with van der Waals surface area (Å²) in [4.78, 5) is 7.09. The fourth-order valence-electron chi connectivity index (χ4n) is 2.57. The standard InChI is InChI=1S/C14H19N3OS.ClH/c1-18-11-4-5-12-13(7-11)19-14(16-12)9-17-6-2-3-10(15)8-17;/h4-5,7,10H,2-3,6,8-9,15H2,1H3;1H/t10-;/m1./s1. The average Bonchev–Trinajstić information content (AvgIpc) is 2.79. The Kier molecular flexibility index (Phi) is 5.21. The molecule has 6 heteroatoms. The lowest BCUT2D eigenvalue weighted by Gasteiger charge is -2.29. The predicted molar refractivity (Wildman–Crippen MR) is 85.9 cm³/mol. The SMILES string of the molecule is COc1ccc2nc(CN3CCC[C@@H](N)C3)sc2c1.Cl. The van der Waals surface area contributed by atoms with Crippen LogP contribution in [0.4, 0.5) is 0 Å². The van der Waals surface area contributed by atoms with Crippen molar-refractivity contribution in [2.45, 2.75) is 25.4 Å². The highest BCUT2D eigenvalue weighted by atomic mass is 35.5. The Morgan fingerprint density at radius 1 is 1.50 bits per heavy atom. The molecule has 4 nitrogen and oxygen atoms in total. The van der Waals surface area contributed by atoms with E-state index in [2.05, 4.69) is 16.0 Å². The minimum Gasteiger partial charge on any atom is -0.497 e. The molecule has 110 valence electrons. The molecule has 2 N–H and O–H groups in total. The van der Waals surface area contributed by atoms with Crippen molar-refractivity contribution in [3.63, 3.8) is 0 Å². The summed E-state index contributed by atoms with van der Waals surface area (Å²) in [6.07, 6.45) is 2.34.